The van der Waals surface area contributed by atoms with E-state index in [1.165, 1.54) is 0 Å². The van der Waals surface area contributed by atoms with Crippen LogP contribution in [0.5, 0.6) is 0 Å². The first-order valence-corrected chi connectivity index (χ1v) is 10.0. The van der Waals surface area contributed by atoms with Crippen molar-refractivity contribution >= 4 is 13.9 Å². The van der Waals surface area contributed by atoms with E-state index in [0.717, 1.165) is 26.2 Å². The van der Waals surface area contributed by atoms with Gasteiger partial charge in [0.05, 0.1) is 5.41 Å². The molecule has 1 aliphatic carbocycles. The number of nitrogens with zero attached hydrogens (tertiary/aromatic N) is 2. The summed E-state index contributed by atoms with van der Waals surface area (Å²) in [5.74, 6) is 0.0977. The van der Waals surface area contributed by atoms with Crippen LogP contribution in [0.3, 0.4) is 0 Å². The number of piperazine rings is 1. The number of carbonyl (C=O) groups excluding carboxylic acids is 1. The standard InChI is InChI=1S/C16H29N2O4P/c1-14(2)15(3,4)22-23(20,21-14)12-11-16(12,5)13(19)18-9-7-17(6)8-10-18/h12H,7-11H2,1-6H3/t12-,16-/m0/s1. The largest absolute Gasteiger partial charge is 0.631 e. The van der Waals surface area contributed by atoms with Gasteiger partial charge in [0.2, 0.25) is 13.9 Å². The van der Waals surface area contributed by atoms with Gasteiger partial charge >= 0.3 is 0 Å². The molecule has 0 aromatic rings. The lowest BCUT2D eigenvalue weighted by Gasteiger charge is -2.34. The van der Waals surface area contributed by atoms with Gasteiger partial charge in [0, 0.05) is 32.6 Å². The lowest BCUT2D eigenvalue weighted by Crippen LogP contribution is -2.49. The zero-order chi connectivity index (χ0) is 17.3. The maximum absolute atomic E-state index is 13.2. The quantitative estimate of drug-likeness (QED) is 0.706. The normalized spacial score (nSPS) is 38.6. The molecule has 0 radical (unpaired) electrons. The van der Waals surface area contributed by atoms with Crippen LogP contribution in [0.1, 0.15) is 41.0 Å². The Morgan fingerprint density at radius 1 is 1.04 bits per heavy atom. The molecule has 7 heteroatoms. The molecular weight excluding hydrogens is 315 g/mol. The Balaban J connectivity index is 1.72. The molecule has 1 saturated carbocycles. The Morgan fingerprint density at radius 3 is 2.00 bits per heavy atom. The molecule has 0 unspecified atom stereocenters. The average Bonchev–Trinajstić information content (AvgIpc) is 3.07. The molecule has 3 aliphatic rings. The number of hydrogen-bond acceptors (Lipinski definition) is 5. The van der Waals surface area contributed by atoms with Crippen LogP contribution in [0.2, 0.25) is 0 Å². The van der Waals surface area contributed by atoms with Crippen molar-refractivity contribution in [3.05, 3.63) is 0 Å². The van der Waals surface area contributed by atoms with E-state index in [1.807, 2.05) is 39.5 Å². The summed E-state index contributed by atoms with van der Waals surface area (Å²) in [4.78, 5) is 30.3. The van der Waals surface area contributed by atoms with E-state index >= 15 is 0 Å². The first kappa shape index (κ1) is 17.6. The third kappa shape index (κ3) is 2.73. The van der Waals surface area contributed by atoms with Crippen molar-refractivity contribution in [2.45, 2.75) is 57.9 Å². The second-order valence-corrected chi connectivity index (χ2v) is 10.5. The predicted octanol–water partition coefficient (Wildman–Crippen LogP) is 1.27. The van der Waals surface area contributed by atoms with Gasteiger partial charge in [-0.15, -0.1) is 0 Å². The van der Waals surface area contributed by atoms with E-state index in [4.69, 9.17) is 9.05 Å². The van der Waals surface area contributed by atoms with Crippen LogP contribution < -0.4 is 4.89 Å². The van der Waals surface area contributed by atoms with Crippen LogP contribution in [-0.2, 0) is 13.8 Å². The predicted molar refractivity (Wildman–Crippen MR) is 87.8 cm³/mol. The van der Waals surface area contributed by atoms with Crippen LogP contribution >= 0.6 is 7.94 Å². The molecule has 1 amide bonds. The van der Waals surface area contributed by atoms with Crippen molar-refractivity contribution in [3.63, 3.8) is 0 Å². The summed E-state index contributed by atoms with van der Waals surface area (Å²) >= 11 is 0. The fourth-order valence-corrected chi connectivity index (χ4v) is 6.82. The number of likely N-dealkylation sites (N-methyl/N-ethyl adjacent to an activating group) is 1. The minimum absolute atomic E-state index is 0.0977. The van der Waals surface area contributed by atoms with Crippen molar-refractivity contribution in [1.82, 2.24) is 9.80 Å². The van der Waals surface area contributed by atoms with Gasteiger partial charge in [-0.05, 0) is 41.7 Å². The maximum atomic E-state index is 13.2. The average molecular weight is 344 g/mol. The van der Waals surface area contributed by atoms with E-state index < -0.39 is 24.6 Å². The number of amides is 1. The zero-order valence-corrected chi connectivity index (χ0v) is 16.0. The lowest BCUT2D eigenvalue weighted by molar-refractivity contribution is -0.213. The summed E-state index contributed by atoms with van der Waals surface area (Å²) in [7, 11) is -1.21. The monoisotopic (exact) mass is 344 g/mol. The van der Waals surface area contributed by atoms with E-state index in [1.54, 1.807) is 0 Å². The summed E-state index contributed by atoms with van der Waals surface area (Å²) in [6, 6.07) is 0. The summed E-state index contributed by atoms with van der Waals surface area (Å²) in [5, 5.41) is 0. The highest BCUT2D eigenvalue weighted by Gasteiger charge is 2.75. The molecule has 3 rings (SSSR count). The Kier molecular flexibility index (Phi) is 3.91. The van der Waals surface area contributed by atoms with E-state index in [-0.39, 0.29) is 11.6 Å². The lowest BCUT2D eigenvalue weighted by atomic mass is 9.90. The zero-order valence-electron chi connectivity index (χ0n) is 15.1. The molecule has 2 aliphatic heterocycles. The molecule has 0 N–H and O–H groups in total. The maximum Gasteiger partial charge on any atom is 0.243 e. The second kappa shape index (κ2) is 5.12. The molecule has 0 aromatic carbocycles. The van der Waals surface area contributed by atoms with Gasteiger partial charge in [0.15, 0.2) is 0 Å². The molecular formula is C16H29N2O4P. The molecule has 2 heterocycles. The molecule has 23 heavy (non-hydrogen) atoms. The smallest absolute Gasteiger partial charge is 0.243 e. The van der Waals surface area contributed by atoms with Gasteiger partial charge in [-0.3, -0.25) is 4.79 Å². The van der Waals surface area contributed by atoms with Gasteiger partial charge in [0.1, 0.15) is 16.9 Å². The van der Waals surface area contributed by atoms with E-state index in [9.17, 15) is 9.69 Å². The van der Waals surface area contributed by atoms with Crippen molar-refractivity contribution < 1.29 is 18.7 Å². The van der Waals surface area contributed by atoms with Crippen LogP contribution in [0.25, 0.3) is 0 Å². The summed E-state index contributed by atoms with van der Waals surface area (Å²) < 4.78 is 11.8. The highest BCUT2D eigenvalue weighted by atomic mass is 31.2. The number of carbonyl (C=O) groups is 1. The van der Waals surface area contributed by atoms with Gasteiger partial charge in [-0.25, -0.2) is 9.05 Å². The SMILES string of the molecule is CN1CCN(C(=O)[C@@]2(C)C[C@@H]2[P+]2([O-])OC(C)(C)C(C)(C)O2)CC1. The molecule has 2 saturated heterocycles. The van der Waals surface area contributed by atoms with Crippen molar-refractivity contribution in [2.75, 3.05) is 33.2 Å². The first-order chi connectivity index (χ1) is 10.4. The van der Waals surface area contributed by atoms with Crippen molar-refractivity contribution in [3.8, 4) is 0 Å². The van der Waals surface area contributed by atoms with Crippen molar-refractivity contribution in [1.29, 1.82) is 0 Å². The number of rotatable bonds is 2. The fraction of sp³-hybridized carbons (Fsp3) is 0.938. The van der Waals surface area contributed by atoms with Gasteiger partial charge in [0.25, 0.3) is 0 Å². The Labute approximate surface area is 139 Å². The Morgan fingerprint density at radius 2 is 1.52 bits per heavy atom. The van der Waals surface area contributed by atoms with Gasteiger partial charge < -0.3 is 14.7 Å². The van der Waals surface area contributed by atoms with Crippen LogP contribution in [0.4, 0.5) is 0 Å². The summed E-state index contributed by atoms with van der Waals surface area (Å²) in [6.07, 6.45) is 0.585. The molecule has 0 aromatic heterocycles. The Bertz CT molecular complexity index is 500. The fourth-order valence-electron chi connectivity index (χ4n) is 3.41. The molecule has 132 valence electrons. The number of hydrogen-bond donors (Lipinski definition) is 0. The van der Waals surface area contributed by atoms with E-state index in [2.05, 4.69) is 11.9 Å². The molecule has 0 bridgehead atoms. The molecule has 0 spiro atoms. The Hall–Kier alpha value is -0.260. The molecule has 6 nitrogen and oxygen atoms in total. The highest BCUT2D eigenvalue weighted by molar-refractivity contribution is 7.60. The minimum atomic E-state index is -3.27. The molecule has 2 atom stereocenters. The van der Waals surface area contributed by atoms with Crippen LogP contribution in [-0.4, -0.2) is 65.8 Å². The van der Waals surface area contributed by atoms with Crippen LogP contribution in [0, 0.1) is 5.41 Å². The van der Waals surface area contributed by atoms with Gasteiger partial charge in [-0.1, -0.05) is 0 Å². The highest BCUT2D eigenvalue weighted by Crippen LogP contribution is 2.79. The first-order valence-electron chi connectivity index (χ1n) is 8.40. The third-order valence-electron chi connectivity index (χ3n) is 6.01. The minimum Gasteiger partial charge on any atom is -0.631 e. The third-order valence-corrected chi connectivity index (χ3v) is 8.95. The van der Waals surface area contributed by atoms with Gasteiger partial charge in [-0.2, -0.15) is 0 Å². The van der Waals surface area contributed by atoms with Crippen LogP contribution in [0.15, 0.2) is 0 Å². The van der Waals surface area contributed by atoms with E-state index in [0.29, 0.717) is 6.42 Å². The summed E-state index contributed by atoms with van der Waals surface area (Å²) in [5.41, 5.74) is -2.17. The second-order valence-electron chi connectivity index (χ2n) is 8.48. The summed E-state index contributed by atoms with van der Waals surface area (Å²) in [6.45, 7) is 12.7. The topological polar surface area (TPSA) is 65.1 Å². The van der Waals surface area contributed by atoms with Crippen molar-refractivity contribution in [2.24, 2.45) is 5.41 Å². The molecule has 3 fully saturated rings.